The van der Waals surface area contributed by atoms with Gasteiger partial charge in [0, 0.05) is 17.6 Å². The molecule has 4 N–H and O–H groups in total. The van der Waals surface area contributed by atoms with Gasteiger partial charge in [-0.2, -0.15) is 0 Å². The van der Waals surface area contributed by atoms with E-state index in [2.05, 4.69) is 10.6 Å². The Kier molecular flexibility index (Phi) is 4.78. The first-order valence-electron chi connectivity index (χ1n) is 10.1. The van der Waals surface area contributed by atoms with Gasteiger partial charge in [-0.05, 0) is 37.0 Å². The fourth-order valence-electron chi connectivity index (χ4n) is 4.44. The van der Waals surface area contributed by atoms with Crippen LogP contribution < -0.4 is 16.4 Å². The van der Waals surface area contributed by atoms with E-state index in [0.717, 1.165) is 6.42 Å². The summed E-state index contributed by atoms with van der Waals surface area (Å²) >= 11 is 5.79. The summed E-state index contributed by atoms with van der Waals surface area (Å²) in [5.41, 5.74) is 6.38. The van der Waals surface area contributed by atoms with E-state index in [-0.39, 0.29) is 22.7 Å². The summed E-state index contributed by atoms with van der Waals surface area (Å²) in [5.74, 6) is -0.971. The Morgan fingerprint density at radius 2 is 1.81 bits per heavy atom. The predicted octanol–water partition coefficient (Wildman–Crippen LogP) is 3.99. The third-order valence-electron chi connectivity index (χ3n) is 6.04. The number of likely N-dealkylation sites (tertiary alicyclic amines) is 1. The van der Waals surface area contributed by atoms with Gasteiger partial charge in [-0.1, -0.05) is 35.9 Å². The van der Waals surface area contributed by atoms with Gasteiger partial charge in [0.05, 0.1) is 21.9 Å². The van der Waals surface area contributed by atoms with E-state index in [9.17, 15) is 18.8 Å². The highest BCUT2D eigenvalue weighted by atomic mass is 35.5. The van der Waals surface area contributed by atoms with Gasteiger partial charge in [0.1, 0.15) is 6.04 Å². The van der Waals surface area contributed by atoms with Gasteiger partial charge in [0.15, 0.2) is 5.82 Å². The van der Waals surface area contributed by atoms with Crippen molar-refractivity contribution in [2.75, 3.05) is 10.6 Å². The number of para-hydroxylation sites is 1. The molecule has 3 atom stereocenters. The first kappa shape index (κ1) is 20.3. The minimum absolute atomic E-state index is 0.0343. The van der Waals surface area contributed by atoms with Crippen LogP contribution in [0.4, 0.5) is 25.4 Å². The highest BCUT2D eigenvalue weighted by molar-refractivity contribution is 6.31. The van der Waals surface area contributed by atoms with Crippen molar-refractivity contribution >= 4 is 51.8 Å². The number of primary amides is 1. The summed E-state index contributed by atoms with van der Waals surface area (Å²) in [5, 5.41) is 5.90. The third-order valence-corrected chi connectivity index (χ3v) is 6.33. The molecule has 10 heteroatoms. The second-order valence-electron chi connectivity index (χ2n) is 8.01. The second kappa shape index (κ2) is 7.52. The molecular formula is C22H19ClFN5O3. The van der Waals surface area contributed by atoms with Crippen molar-refractivity contribution in [2.45, 2.75) is 24.9 Å². The Hall–Kier alpha value is -3.59. The molecule has 2 fully saturated rings. The van der Waals surface area contributed by atoms with Crippen LogP contribution in [0.15, 0.2) is 48.7 Å². The summed E-state index contributed by atoms with van der Waals surface area (Å²) in [6, 6.07) is 9.42. The molecule has 1 aromatic heterocycles. The number of nitrogens with zero attached hydrogens (tertiary/aromatic N) is 2. The van der Waals surface area contributed by atoms with Crippen LogP contribution in [0.2, 0.25) is 5.02 Å². The van der Waals surface area contributed by atoms with E-state index < -0.39 is 29.8 Å². The van der Waals surface area contributed by atoms with Crippen molar-refractivity contribution in [1.29, 1.82) is 0 Å². The zero-order chi connectivity index (χ0) is 22.6. The number of halogens is 2. The number of nitrogens with one attached hydrogen (secondary N) is 2. The Bertz CT molecular complexity index is 1280. The van der Waals surface area contributed by atoms with Crippen molar-refractivity contribution in [3.05, 3.63) is 59.5 Å². The molecule has 2 heterocycles. The van der Waals surface area contributed by atoms with Crippen molar-refractivity contribution in [3.63, 3.8) is 0 Å². The maximum absolute atomic E-state index is 14.2. The molecule has 2 unspecified atom stereocenters. The van der Waals surface area contributed by atoms with Gasteiger partial charge in [-0.15, -0.1) is 0 Å². The van der Waals surface area contributed by atoms with Crippen molar-refractivity contribution in [2.24, 2.45) is 11.7 Å². The molecule has 8 nitrogen and oxygen atoms in total. The summed E-state index contributed by atoms with van der Waals surface area (Å²) in [7, 11) is 0. The highest BCUT2D eigenvalue weighted by Gasteiger charge is 2.56. The average Bonchev–Trinajstić information content (AvgIpc) is 3.27. The number of fused-ring (bicyclic) bond motifs is 2. The van der Waals surface area contributed by atoms with Crippen LogP contribution in [-0.2, 0) is 4.79 Å². The Labute approximate surface area is 187 Å². The molecule has 1 aliphatic heterocycles. The molecule has 5 rings (SSSR count). The lowest BCUT2D eigenvalue weighted by Gasteiger charge is -2.27. The minimum Gasteiger partial charge on any atom is -0.351 e. The summed E-state index contributed by atoms with van der Waals surface area (Å²) < 4.78 is 15.5. The van der Waals surface area contributed by atoms with E-state index in [1.165, 1.54) is 33.9 Å². The highest BCUT2D eigenvalue weighted by Crippen LogP contribution is 2.48. The van der Waals surface area contributed by atoms with Crippen LogP contribution in [0.3, 0.4) is 0 Å². The number of carbonyl (C=O) groups is 3. The van der Waals surface area contributed by atoms with Gasteiger partial charge in [0.25, 0.3) is 0 Å². The van der Waals surface area contributed by atoms with E-state index in [1.807, 2.05) is 0 Å². The molecular weight excluding hydrogens is 437 g/mol. The summed E-state index contributed by atoms with van der Waals surface area (Å²) in [4.78, 5) is 39.4. The fraction of sp³-hybridized carbons (Fsp3) is 0.227. The normalized spacial score (nSPS) is 21.3. The minimum atomic E-state index is -0.748. The topological polar surface area (TPSA) is 109 Å². The first-order valence-corrected chi connectivity index (χ1v) is 10.5. The molecule has 3 aromatic rings. The van der Waals surface area contributed by atoms with Crippen LogP contribution in [0.1, 0.15) is 12.8 Å². The van der Waals surface area contributed by atoms with Gasteiger partial charge in [-0.25, -0.2) is 14.0 Å². The van der Waals surface area contributed by atoms with E-state index in [1.54, 1.807) is 24.3 Å². The second-order valence-corrected chi connectivity index (χ2v) is 8.42. The zero-order valence-electron chi connectivity index (χ0n) is 16.7. The van der Waals surface area contributed by atoms with Crippen LogP contribution >= 0.6 is 11.6 Å². The number of hydrogen-bond acceptors (Lipinski definition) is 3. The van der Waals surface area contributed by atoms with E-state index in [0.29, 0.717) is 23.0 Å². The smallest absolute Gasteiger partial charge is 0.323 e. The summed E-state index contributed by atoms with van der Waals surface area (Å²) in [6.07, 6.45) is 2.77. The largest absolute Gasteiger partial charge is 0.351 e. The number of piperidine rings is 1. The van der Waals surface area contributed by atoms with Gasteiger partial charge in [0.2, 0.25) is 5.91 Å². The Morgan fingerprint density at radius 1 is 1.03 bits per heavy atom. The molecule has 0 radical (unpaired) electrons. The monoisotopic (exact) mass is 455 g/mol. The SMILES string of the molecule is NC(=O)n1cc(NC(=O)N2C3CC3C[C@H]2C(=O)Nc2cccc(Cl)c2F)c2ccccc21. The third kappa shape index (κ3) is 3.34. The Morgan fingerprint density at radius 3 is 2.59 bits per heavy atom. The molecule has 0 spiro atoms. The maximum atomic E-state index is 14.2. The van der Waals surface area contributed by atoms with Crippen molar-refractivity contribution in [3.8, 4) is 0 Å². The molecule has 2 aliphatic rings. The van der Waals surface area contributed by atoms with Gasteiger partial charge >= 0.3 is 12.1 Å². The first-order chi connectivity index (χ1) is 15.3. The number of benzene rings is 2. The number of anilines is 2. The number of nitrogens with two attached hydrogens (primary N) is 1. The van der Waals surface area contributed by atoms with Gasteiger partial charge < -0.3 is 21.3 Å². The molecule has 164 valence electrons. The summed E-state index contributed by atoms with van der Waals surface area (Å²) in [6.45, 7) is 0. The molecule has 1 aliphatic carbocycles. The lowest BCUT2D eigenvalue weighted by atomic mass is 10.1. The number of amides is 4. The quantitative estimate of drug-likeness (QED) is 0.555. The van der Waals surface area contributed by atoms with E-state index >= 15 is 0 Å². The number of hydrogen-bond donors (Lipinski definition) is 3. The molecule has 2 aromatic carbocycles. The zero-order valence-corrected chi connectivity index (χ0v) is 17.5. The lowest BCUT2D eigenvalue weighted by Crippen LogP contribution is -2.47. The van der Waals surface area contributed by atoms with Crippen LogP contribution in [0, 0.1) is 11.7 Å². The standard InChI is InChI=1S/C22H19ClFN5O3/c23-13-5-3-6-14(19(13)24)26-20(30)18-9-11-8-17(11)29(18)22(32)27-15-10-28(21(25)31)16-7-2-1-4-12(15)16/h1-7,10-11,17-18H,8-9H2,(H2,25,31)(H,26,30)(H,27,32)/t11?,17?,18-/m0/s1. The van der Waals surface area contributed by atoms with Crippen LogP contribution in [0.25, 0.3) is 10.9 Å². The lowest BCUT2D eigenvalue weighted by molar-refractivity contribution is -0.120. The van der Waals surface area contributed by atoms with Crippen LogP contribution in [-0.4, -0.2) is 39.5 Å². The van der Waals surface area contributed by atoms with Crippen LogP contribution in [0.5, 0.6) is 0 Å². The Balaban J connectivity index is 1.39. The predicted molar refractivity (Wildman–Crippen MR) is 118 cm³/mol. The van der Waals surface area contributed by atoms with E-state index in [4.69, 9.17) is 17.3 Å². The number of urea groups is 1. The maximum Gasteiger partial charge on any atom is 0.323 e. The molecule has 1 saturated heterocycles. The van der Waals surface area contributed by atoms with Gasteiger partial charge in [-0.3, -0.25) is 9.36 Å². The molecule has 1 saturated carbocycles. The number of aromatic nitrogens is 1. The fourth-order valence-corrected chi connectivity index (χ4v) is 4.61. The number of carbonyl (C=O) groups excluding carboxylic acids is 3. The number of rotatable bonds is 3. The molecule has 0 bridgehead atoms. The van der Waals surface area contributed by atoms with Crippen molar-refractivity contribution < 1.29 is 18.8 Å². The molecule has 32 heavy (non-hydrogen) atoms. The van der Waals surface area contributed by atoms with Crippen molar-refractivity contribution in [1.82, 2.24) is 9.47 Å². The molecule has 4 amide bonds. The average molecular weight is 456 g/mol.